The van der Waals surface area contributed by atoms with Crippen LogP contribution >= 0.6 is 0 Å². The van der Waals surface area contributed by atoms with Gasteiger partial charge < -0.3 is 9.47 Å². The summed E-state index contributed by atoms with van der Waals surface area (Å²) in [7, 11) is 1.68. The second kappa shape index (κ2) is 8.05. The van der Waals surface area contributed by atoms with Crippen LogP contribution in [-0.2, 0) is 14.3 Å². The van der Waals surface area contributed by atoms with Gasteiger partial charge >= 0.3 is 5.97 Å². The molecular weight excluding hydrogens is 252 g/mol. The van der Waals surface area contributed by atoms with Gasteiger partial charge in [-0.1, -0.05) is 51.1 Å². The van der Waals surface area contributed by atoms with Crippen LogP contribution in [0.25, 0.3) is 0 Å². The van der Waals surface area contributed by atoms with Crippen LogP contribution in [0.2, 0.25) is 0 Å². The molecule has 3 heteroatoms. The van der Waals surface area contributed by atoms with Crippen LogP contribution in [-0.4, -0.2) is 25.3 Å². The van der Waals surface area contributed by atoms with Gasteiger partial charge in [0.2, 0.25) is 0 Å². The zero-order valence-corrected chi connectivity index (χ0v) is 13.1. The molecule has 0 spiro atoms. The van der Waals surface area contributed by atoms with Crippen molar-refractivity contribution in [1.82, 2.24) is 0 Å². The lowest BCUT2D eigenvalue weighted by Gasteiger charge is -2.31. The maximum Gasteiger partial charge on any atom is 0.303 e. The first-order chi connectivity index (χ1) is 9.45. The first-order valence-electron chi connectivity index (χ1n) is 7.20. The average molecular weight is 278 g/mol. The van der Waals surface area contributed by atoms with E-state index in [-0.39, 0.29) is 24.1 Å². The lowest BCUT2D eigenvalue weighted by atomic mass is 9.88. The molecule has 0 radical (unpaired) electrons. The van der Waals surface area contributed by atoms with Gasteiger partial charge in [-0.05, 0) is 17.9 Å². The minimum Gasteiger partial charge on any atom is -0.459 e. The highest BCUT2D eigenvalue weighted by atomic mass is 16.6. The van der Waals surface area contributed by atoms with Gasteiger partial charge in [0.25, 0.3) is 0 Å². The summed E-state index contributed by atoms with van der Waals surface area (Å²) in [6.45, 7) is 7.82. The second-order valence-electron chi connectivity index (χ2n) is 5.68. The van der Waals surface area contributed by atoms with Crippen LogP contribution in [0.4, 0.5) is 0 Å². The minimum atomic E-state index is -0.262. The molecule has 0 bridgehead atoms. The molecule has 3 atom stereocenters. The number of rotatable bonds is 7. The van der Waals surface area contributed by atoms with Crippen molar-refractivity contribution in [2.75, 3.05) is 7.11 Å². The van der Waals surface area contributed by atoms with Crippen LogP contribution in [0.1, 0.15) is 45.6 Å². The molecule has 0 unspecified atom stereocenters. The Kier molecular flexibility index (Phi) is 6.73. The molecule has 1 rings (SSSR count). The minimum absolute atomic E-state index is 0.0888. The third kappa shape index (κ3) is 4.97. The number of carbonyl (C=O) groups excluding carboxylic acids is 1. The van der Waals surface area contributed by atoms with E-state index in [0.717, 1.165) is 12.0 Å². The lowest BCUT2D eigenvalue weighted by molar-refractivity contribution is -0.156. The predicted octanol–water partition coefficient (Wildman–Crippen LogP) is 3.78. The highest BCUT2D eigenvalue weighted by molar-refractivity contribution is 5.66. The first kappa shape index (κ1) is 16.7. The van der Waals surface area contributed by atoms with Crippen LogP contribution in [0.5, 0.6) is 0 Å². The monoisotopic (exact) mass is 278 g/mol. The molecule has 0 aliphatic carbocycles. The second-order valence-corrected chi connectivity index (χ2v) is 5.68. The maximum absolute atomic E-state index is 11.4. The molecule has 3 nitrogen and oxygen atoms in total. The Morgan fingerprint density at radius 3 is 2.20 bits per heavy atom. The smallest absolute Gasteiger partial charge is 0.303 e. The Bertz CT molecular complexity index is 400. The number of carbonyl (C=O) groups is 1. The molecule has 0 N–H and O–H groups in total. The standard InChI is InChI=1S/C17H26O3/c1-12(2)11-16(19-5)17(20-14(4)18)13(3)15-9-7-6-8-10-15/h6-10,12-13,16-17H,11H2,1-5H3/t13-,16+,17+/m1/s1. The average Bonchev–Trinajstić information content (AvgIpc) is 2.42. The zero-order chi connectivity index (χ0) is 15.1. The normalized spacial score (nSPS) is 15.7. The van der Waals surface area contributed by atoms with Gasteiger partial charge in [-0.3, -0.25) is 4.79 Å². The number of esters is 1. The van der Waals surface area contributed by atoms with Crippen molar-refractivity contribution in [3.8, 4) is 0 Å². The summed E-state index contributed by atoms with van der Waals surface area (Å²) in [5.74, 6) is 0.327. The molecule has 0 aliphatic rings. The van der Waals surface area contributed by atoms with Crippen molar-refractivity contribution in [1.29, 1.82) is 0 Å². The van der Waals surface area contributed by atoms with Crippen LogP contribution in [0, 0.1) is 5.92 Å². The van der Waals surface area contributed by atoms with E-state index in [1.165, 1.54) is 6.92 Å². The maximum atomic E-state index is 11.4. The number of methoxy groups -OCH3 is 1. The van der Waals surface area contributed by atoms with Crippen molar-refractivity contribution < 1.29 is 14.3 Å². The lowest BCUT2D eigenvalue weighted by Crippen LogP contribution is -2.37. The largest absolute Gasteiger partial charge is 0.459 e. The van der Waals surface area contributed by atoms with Crippen molar-refractivity contribution >= 4 is 5.97 Å². The van der Waals surface area contributed by atoms with Gasteiger partial charge in [0.05, 0.1) is 6.10 Å². The Labute approximate surface area is 122 Å². The Balaban J connectivity index is 2.95. The summed E-state index contributed by atoms with van der Waals surface area (Å²) in [5.41, 5.74) is 1.16. The molecular formula is C17H26O3. The summed E-state index contributed by atoms with van der Waals surface area (Å²) < 4.78 is 11.1. The predicted molar refractivity (Wildman–Crippen MR) is 80.7 cm³/mol. The van der Waals surface area contributed by atoms with Crippen LogP contribution in [0.3, 0.4) is 0 Å². The number of hydrogen-bond acceptors (Lipinski definition) is 3. The quantitative estimate of drug-likeness (QED) is 0.712. The van der Waals surface area contributed by atoms with Crippen molar-refractivity contribution in [2.45, 2.75) is 52.2 Å². The molecule has 0 amide bonds. The van der Waals surface area contributed by atoms with E-state index in [2.05, 4.69) is 32.9 Å². The van der Waals surface area contributed by atoms with Gasteiger partial charge in [0, 0.05) is 20.0 Å². The fourth-order valence-corrected chi connectivity index (χ4v) is 2.47. The number of ether oxygens (including phenoxy) is 2. The van der Waals surface area contributed by atoms with Crippen molar-refractivity contribution in [2.24, 2.45) is 5.92 Å². The highest BCUT2D eigenvalue weighted by Gasteiger charge is 2.31. The molecule has 112 valence electrons. The fourth-order valence-electron chi connectivity index (χ4n) is 2.47. The van der Waals surface area contributed by atoms with Crippen molar-refractivity contribution in [3.63, 3.8) is 0 Å². The molecule has 1 aromatic rings. The Hall–Kier alpha value is -1.35. The van der Waals surface area contributed by atoms with Gasteiger partial charge in [-0.15, -0.1) is 0 Å². The topological polar surface area (TPSA) is 35.5 Å². The van der Waals surface area contributed by atoms with Crippen LogP contribution < -0.4 is 0 Å². The molecule has 0 aromatic heterocycles. The summed E-state index contributed by atoms with van der Waals surface area (Å²) in [4.78, 5) is 11.4. The first-order valence-corrected chi connectivity index (χ1v) is 7.20. The zero-order valence-electron chi connectivity index (χ0n) is 13.1. The molecule has 0 saturated heterocycles. The van der Waals surface area contributed by atoms with E-state index in [4.69, 9.17) is 9.47 Å². The summed E-state index contributed by atoms with van der Waals surface area (Å²) >= 11 is 0. The van der Waals surface area contributed by atoms with Gasteiger partial charge in [-0.2, -0.15) is 0 Å². The van der Waals surface area contributed by atoms with Crippen LogP contribution in [0.15, 0.2) is 30.3 Å². The van der Waals surface area contributed by atoms with E-state index in [1.54, 1.807) is 7.11 Å². The van der Waals surface area contributed by atoms with E-state index in [0.29, 0.717) is 5.92 Å². The summed E-state index contributed by atoms with van der Waals surface area (Å²) in [5, 5.41) is 0. The third-order valence-corrected chi connectivity index (χ3v) is 3.49. The van der Waals surface area contributed by atoms with E-state index >= 15 is 0 Å². The summed E-state index contributed by atoms with van der Waals surface area (Å²) in [6, 6.07) is 10.1. The van der Waals surface area contributed by atoms with Gasteiger partial charge in [0.1, 0.15) is 6.10 Å². The Morgan fingerprint density at radius 2 is 1.75 bits per heavy atom. The highest BCUT2D eigenvalue weighted by Crippen LogP contribution is 2.28. The van der Waals surface area contributed by atoms with E-state index in [1.807, 2.05) is 18.2 Å². The fraction of sp³-hybridized carbons (Fsp3) is 0.588. The molecule has 0 fully saturated rings. The van der Waals surface area contributed by atoms with E-state index in [9.17, 15) is 4.79 Å². The molecule has 0 heterocycles. The third-order valence-electron chi connectivity index (χ3n) is 3.49. The number of hydrogen-bond donors (Lipinski definition) is 0. The molecule has 0 saturated carbocycles. The summed E-state index contributed by atoms with van der Waals surface area (Å²) in [6.07, 6.45) is 0.516. The SMILES string of the molecule is CO[C@@H](CC(C)C)[C@@H](OC(C)=O)[C@H](C)c1ccccc1. The van der Waals surface area contributed by atoms with Gasteiger partial charge in [-0.25, -0.2) is 0 Å². The molecule has 20 heavy (non-hydrogen) atoms. The van der Waals surface area contributed by atoms with Gasteiger partial charge in [0.15, 0.2) is 0 Å². The molecule has 0 aliphatic heterocycles. The van der Waals surface area contributed by atoms with E-state index < -0.39 is 0 Å². The van der Waals surface area contributed by atoms with Crippen molar-refractivity contribution in [3.05, 3.63) is 35.9 Å². The Morgan fingerprint density at radius 1 is 1.15 bits per heavy atom. The number of benzene rings is 1. The molecule has 1 aromatic carbocycles.